The van der Waals surface area contributed by atoms with Gasteiger partial charge in [0.15, 0.2) is 0 Å². The summed E-state index contributed by atoms with van der Waals surface area (Å²) in [6, 6.07) is 4.54. The van der Waals surface area contributed by atoms with Gasteiger partial charge in [0.2, 0.25) is 0 Å². The molecule has 4 heteroatoms. The molecular weight excluding hydrogens is 214 g/mol. The van der Waals surface area contributed by atoms with Crippen molar-refractivity contribution in [3.63, 3.8) is 0 Å². The highest BCUT2D eigenvalue weighted by Crippen LogP contribution is 2.36. The van der Waals surface area contributed by atoms with Crippen molar-refractivity contribution >= 4 is 17.3 Å². The molecule has 15 heavy (non-hydrogen) atoms. The minimum atomic E-state index is -0.749. The van der Waals surface area contributed by atoms with Gasteiger partial charge < -0.3 is 0 Å². The van der Waals surface area contributed by atoms with Crippen LogP contribution in [-0.4, -0.2) is 4.92 Å². The molecule has 0 N–H and O–H groups in total. The standard InChI is InChI=1S/C11H10ClNO2/c1-4-11(2,3)10-8(12)6-5-7-9(10)13(14)15/h1,5-7H,2-3H3. The average Bonchev–Trinajstić information content (AvgIpc) is 2.17. The zero-order valence-electron chi connectivity index (χ0n) is 8.45. The quantitative estimate of drug-likeness (QED) is 0.439. The first-order chi connectivity index (χ1) is 6.90. The Labute approximate surface area is 93.2 Å². The van der Waals surface area contributed by atoms with E-state index in [1.54, 1.807) is 19.9 Å². The van der Waals surface area contributed by atoms with E-state index in [0.717, 1.165) is 0 Å². The third-order valence-corrected chi connectivity index (χ3v) is 2.49. The molecule has 0 radical (unpaired) electrons. The molecule has 0 aliphatic heterocycles. The molecule has 0 aliphatic rings. The second kappa shape index (κ2) is 3.92. The van der Waals surface area contributed by atoms with Gasteiger partial charge in [-0.15, -0.1) is 6.42 Å². The Morgan fingerprint density at radius 3 is 2.60 bits per heavy atom. The molecule has 0 atom stereocenters. The lowest BCUT2D eigenvalue weighted by molar-refractivity contribution is -0.385. The molecule has 0 bridgehead atoms. The number of hydrogen-bond donors (Lipinski definition) is 0. The lowest BCUT2D eigenvalue weighted by atomic mass is 9.84. The van der Waals surface area contributed by atoms with Crippen molar-refractivity contribution in [2.75, 3.05) is 0 Å². The van der Waals surface area contributed by atoms with Crippen LogP contribution in [0, 0.1) is 22.5 Å². The van der Waals surface area contributed by atoms with Gasteiger partial charge in [-0.2, -0.15) is 0 Å². The second-order valence-electron chi connectivity index (χ2n) is 3.66. The molecule has 0 aliphatic carbocycles. The Balaban J connectivity index is 3.53. The van der Waals surface area contributed by atoms with Crippen molar-refractivity contribution in [3.05, 3.63) is 38.9 Å². The summed E-state index contributed by atoms with van der Waals surface area (Å²) in [4.78, 5) is 10.3. The highest BCUT2D eigenvalue weighted by atomic mass is 35.5. The maximum absolute atomic E-state index is 10.8. The maximum atomic E-state index is 10.8. The summed E-state index contributed by atoms with van der Waals surface area (Å²) in [5.41, 5.74) is -0.398. The van der Waals surface area contributed by atoms with E-state index >= 15 is 0 Å². The van der Waals surface area contributed by atoms with Crippen molar-refractivity contribution < 1.29 is 4.92 Å². The molecule has 0 spiro atoms. The molecule has 0 aromatic heterocycles. The Kier molecular flexibility index (Phi) is 3.01. The molecule has 0 fully saturated rings. The van der Waals surface area contributed by atoms with Crippen LogP contribution >= 0.6 is 11.6 Å². The monoisotopic (exact) mass is 223 g/mol. The molecule has 0 saturated carbocycles. The van der Waals surface area contributed by atoms with Crippen LogP contribution in [0.1, 0.15) is 19.4 Å². The molecule has 1 aromatic rings. The number of terminal acetylenes is 1. The van der Waals surface area contributed by atoms with Crippen LogP contribution in [0.2, 0.25) is 5.02 Å². The summed E-state index contributed by atoms with van der Waals surface area (Å²) in [5, 5.41) is 11.1. The molecule has 0 unspecified atom stereocenters. The van der Waals surface area contributed by atoms with E-state index in [1.165, 1.54) is 12.1 Å². The van der Waals surface area contributed by atoms with Gasteiger partial charge >= 0.3 is 0 Å². The van der Waals surface area contributed by atoms with Gasteiger partial charge in [-0.1, -0.05) is 23.6 Å². The molecular formula is C11H10ClNO2. The van der Waals surface area contributed by atoms with Crippen LogP contribution in [0.4, 0.5) is 5.69 Å². The molecule has 0 saturated heterocycles. The number of nitro groups is 1. The van der Waals surface area contributed by atoms with Gasteiger partial charge in [0, 0.05) is 6.07 Å². The lowest BCUT2D eigenvalue weighted by Gasteiger charge is -2.19. The summed E-state index contributed by atoms with van der Waals surface area (Å²) in [5.74, 6) is 2.50. The number of nitro benzene ring substituents is 1. The third kappa shape index (κ3) is 2.11. The highest BCUT2D eigenvalue weighted by molar-refractivity contribution is 6.31. The number of rotatable bonds is 2. The average molecular weight is 224 g/mol. The molecule has 0 amide bonds. The maximum Gasteiger partial charge on any atom is 0.275 e. The Hall–Kier alpha value is -1.53. The third-order valence-electron chi connectivity index (χ3n) is 2.17. The van der Waals surface area contributed by atoms with Crippen LogP contribution in [0.5, 0.6) is 0 Å². The summed E-state index contributed by atoms with van der Waals surface area (Å²) in [7, 11) is 0. The minimum absolute atomic E-state index is 0.0366. The zero-order chi connectivity index (χ0) is 11.6. The molecule has 1 aromatic carbocycles. The van der Waals surface area contributed by atoms with Crippen molar-refractivity contribution in [1.82, 2.24) is 0 Å². The van der Waals surface area contributed by atoms with Gasteiger partial charge in [-0.25, -0.2) is 0 Å². The predicted molar refractivity (Wildman–Crippen MR) is 60.0 cm³/mol. The number of halogens is 1. The second-order valence-corrected chi connectivity index (χ2v) is 4.07. The fourth-order valence-corrected chi connectivity index (χ4v) is 1.76. The summed E-state index contributed by atoms with van der Waals surface area (Å²) in [6.07, 6.45) is 5.35. The van der Waals surface area contributed by atoms with Crippen molar-refractivity contribution in [1.29, 1.82) is 0 Å². The topological polar surface area (TPSA) is 43.1 Å². The van der Waals surface area contributed by atoms with Gasteiger partial charge in [0.05, 0.1) is 20.9 Å². The van der Waals surface area contributed by atoms with E-state index in [0.29, 0.717) is 10.6 Å². The normalized spacial score (nSPS) is 10.8. The van der Waals surface area contributed by atoms with Crippen molar-refractivity contribution in [2.45, 2.75) is 19.3 Å². The minimum Gasteiger partial charge on any atom is -0.258 e. The summed E-state index contributed by atoms with van der Waals surface area (Å²) in [6.45, 7) is 3.45. The molecule has 0 heterocycles. The molecule has 1 rings (SSSR count). The van der Waals surface area contributed by atoms with Crippen molar-refractivity contribution in [3.8, 4) is 12.3 Å². The van der Waals surface area contributed by atoms with E-state index in [9.17, 15) is 10.1 Å². The van der Waals surface area contributed by atoms with Gasteiger partial charge in [-0.3, -0.25) is 10.1 Å². The van der Waals surface area contributed by atoms with Crippen LogP contribution in [0.15, 0.2) is 18.2 Å². The Morgan fingerprint density at radius 1 is 1.53 bits per heavy atom. The van der Waals surface area contributed by atoms with Crippen LogP contribution in [-0.2, 0) is 5.41 Å². The van der Waals surface area contributed by atoms with Gasteiger partial charge in [0.25, 0.3) is 5.69 Å². The first-order valence-corrected chi connectivity index (χ1v) is 4.69. The first kappa shape index (κ1) is 11.5. The van der Waals surface area contributed by atoms with E-state index in [1.807, 2.05) is 0 Å². The van der Waals surface area contributed by atoms with Gasteiger partial charge in [0.1, 0.15) is 0 Å². The number of benzene rings is 1. The fraction of sp³-hybridized carbons (Fsp3) is 0.273. The molecule has 3 nitrogen and oxygen atoms in total. The fourth-order valence-electron chi connectivity index (χ4n) is 1.36. The van der Waals surface area contributed by atoms with E-state index in [4.69, 9.17) is 18.0 Å². The van der Waals surface area contributed by atoms with Crippen LogP contribution < -0.4 is 0 Å². The lowest BCUT2D eigenvalue weighted by Crippen LogP contribution is -2.16. The van der Waals surface area contributed by atoms with E-state index in [2.05, 4.69) is 5.92 Å². The predicted octanol–water partition coefficient (Wildman–Crippen LogP) is 3.16. The number of hydrogen-bond acceptors (Lipinski definition) is 2. The van der Waals surface area contributed by atoms with Gasteiger partial charge in [-0.05, 0) is 19.9 Å². The van der Waals surface area contributed by atoms with Crippen LogP contribution in [0.3, 0.4) is 0 Å². The van der Waals surface area contributed by atoms with E-state index in [-0.39, 0.29) is 5.69 Å². The zero-order valence-corrected chi connectivity index (χ0v) is 9.21. The first-order valence-electron chi connectivity index (χ1n) is 4.31. The summed E-state index contributed by atoms with van der Waals surface area (Å²) < 4.78 is 0. The Bertz CT molecular complexity index is 446. The van der Waals surface area contributed by atoms with Crippen LogP contribution in [0.25, 0.3) is 0 Å². The smallest absolute Gasteiger partial charge is 0.258 e. The SMILES string of the molecule is C#CC(C)(C)c1c(Cl)cccc1[N+](=O)[O-]. The largest absolute Gasteiger partial charge is 0.275 e. The summed E-state index contributed by atoms with van der Waals surface area (Å²) >= 11 is 5.94. The highest BCUT2D eigenvalue weighted by Gasteiger charge is 2.29. The van der Waals surface area contributed by atoms with Crippen molar-refractivity contribution in [2.24, 2.45) is 0 Å². The Morgan fingerprint density at radius 2 is 2.13 bits per heavy atom. The van der Waals surface area contributed by atoms with E-state index < -0.39 is 10.3 Å². The number of nitrogens with zero attached hydrogens (tertiary/aromatic N) is 1. The molecule has 78 valence electrons.